The van der Waals surface area contributed by atoms with Crippen LogP contribution in [0, 0.1) is 17.0 Å². The Morgan fingerprint density at radius 2 is 1.88 bits per heavy atom. The lowest BCUT2D eigenvalue weighted by Crippen LogP contribution is -2.25. The number of amides is 2. The fourth-order valence-corrected chi connectivity index (χ4v) is 2.61. The van der Waals surface area contributed by atoms with Crippen LogP contribution in [-0.2, 0) is 0 Å². The fraction of sp³-hybridized carbons (Fsp3) is 0.222. The van der Waals surface area contributed by atoms with Crippen LogP contribution in [0.15, 0.2) is 36.4 Å². The number of nitro groups is 1. The fourth-order valence-electron chi connectivity index (χ4n) is 2.43. The standard InChI is InChI=1S/C18H16ClN3O4/c1-10-2-3-11(17(23)20-13-5-6-13)8-15(10)21-18(24)14-9-12(19)4-7-16(14)22(25)26/h2-4,7-9,13H,5-6H2,1H3,(H,20,23)(H,21,24). The van der Waals surface area contributed by atoms with Crippen molar-refractivity contribution in [3.05, 3.63) is 68.2 Å². The molecular formula is C18H16ClN3O4. The molecule has 2 amide bonds. The molecule has 0 spiro atoms. The Labute approximate surface area is 154 Å². The Morgan fingerprint density at radius 1 is 1.15 bits per heavy atom. The molecule has 1 fully saturated rings. The van der Waals surface area contributed by atoms with Gasteiger partial charge in [0.15, 0.2) is 0 Å². The molecule has 2 aromatic rings. The third-order valence-corrected chi connectivity index (χ3v) is 4.30. The SMILES string of the molecule is Cc1ccc(C(=O)NC2CC2)cc1NC(=O)c1cc(Cl)ccc1[N+](=O)[O-]. The molecule has 0 atom stereocenters. The van der Waals surface area contributed by atoms with E-state index in [9.17, 15) is 19.7 Å². The number of rotatable bonds is 5. The number of halogens is 1. The first-order valence-electron chi connectivity index (χ1n) is 8.02. The van der Waals surface area contributed by atoms with Gasteiger partial charge in [0.05, 0.1) is 4.92 Å². The van der Waals surface area contributed by atoms with Crippen molar-refractivity contribution in [2.45, 2.75) is 25.8 Å². The van der Waals surface area contributed by atoms with E-state index < -0.39 is 10.8 Å². The maximum atomic E-state index is 12.5. The molecule has 0 heterocycles. The van der Waals surface area contributed by atoms with Crippen LogP contribution in [-0.4, -0.2) is 22.8 Å². The summed E-state index contributed by atoms with van der Waals surface area (Å²) in [7, 11) is 0. The van der Waals surface area contributed by atoms with E-state index in [2.05, 4.69) is 10.6 Å². The second-order valence-corrected chi connectivity index (χ2v) is 6.59. The average molecular weight is 374 g/mol. The van der Waals surface area contributed by atoms with Gasteiger partial charge in [-0.1, -0.05) is 17.7 Å². The van der Waals surface area contributed by atoms with Crippen LogP contribution in [0.2, 0.25) is 5.02 Å². The van der Waals surface area contributed by atoms with Gasteiger partial charge in [-0.2, -0.15) is 0 Å². The highest BCUT2D eigenvalue weighted by atomic mass is 35.5. The van der Waals surface area contributed by atoms with Gasteiger partial charge in [-0.25, -0.2) is 0 Å². The van der Waals surface area contributed by atoms with Gasteiger partial charge in [-0.3, -0.25) is 19.7 Å². The highest BCUT2D eigenvalue weighted by Crippen LogP contribution is 2.25. The minimum atomic E-state index is -0.665. The molecule has 2 aromatic carbocycles. The van der Waals surface area contributed by atoms with Gasteiger partial charge in [0, 0.05) is 28.4 Å². The van der Waals surface area contributed by atoms with E-state index in [1.807, 2.05) is 0 Å². The van der Waals surface area contributed by atoms with Crippen LogP contribution in [0.5, 0.6) is 0 Å². The Kier molecular flexibility index (Phi) is 4.90. The van der Waals surface area contributed by atoms with Gasteiger partial charge in [-0.05, 0) is 49.6 Å². The van der Waals surface area contributed by atoms with Crippen molar-refractivity contribution in [3.8, 4) is 0 Å². The van der Waals surface area contributed by atoms with Crippen LogP contribution in [0.25, 0.3) is 0 Å². The van der Waals surface area contributed by atoms with Crippen LogP contribution in [0.1, 0.15) is 39.1 Å². The topological polar surface area (TPSA) is 101 Å². The van der Waals surface area contributed by atoms with Crippen molar-refractivity contribution in [1.82, 2.24) is 5.32 Å². The molecule has 1 aliphatic rings. The summed E-state index contributed by atoms with van der Waals surface area (Å²) < 4.78 is 0. The summed E-state index contributed by atoms with van der Waals surface area (Å²) in [5.41, 5.74) is 1.07. The second-order valence-electron chi connectivity index (χ2n) is 6.15. The molecule has 0 unspecified atom stereocenters. The molecule has 7 nitrogen and oxygen atoms in total. The molecular weight excluding hydrogens is 358 g/mol. The van der Waals surface area contributed by atoms with Crippen molar-refractivity contribution in [1.29, 1.82) is 0 Å². The van der Waals surface area contributed by atoms with Crippen molar-refractivity contribution in [3.63, 3.8) is 0 Å². The number of nitrogens with one attached hydrogen (secondary N) is 2. The largest absolute Gasteiger partial charge is 0.349 e. The van der Waals surface area contributed by atoms with Gasteiger partial charge >= 0.3 is 0 Å². The number of hydrogen-bond donors (Lipinski definition) is 2. The lowest BCUT2D eigenvalue weighted by Gasteiger charge is -2.11. The summed E-state index contributed by atoms with van der Waals surface area (Å²) in [6, 6.07) is 8.94. The molecule has 1 aliphatic carbocycles. The molecule has 8 heteroatoms. The van der Waals surface area contributed by atoms with Gasteiger partial charge < -0.3 is 10.6 Å². The third kappa shape index (κ3) is 4.00. The van der Waals surface area contributed by atoms with Gasteiger partial charge in [0.1, 0.15) is 5.56 Å². The Hall–Kier alpha value is -2.93. The summed E-state index contributed by atoms with van der Waals surface area (Å²) in [5.74, 6) is -0.876. The molecule has 0 aromatic heterocycles. The highest BCUT2D eigenvalue weighted by molar-refractivity contribution is 6.31. The normalized spacial score (nSPS) is 13.2. The molecule has 2 N–H and O–H groups in total. The molecule has 26 heavy (non-hydrogen) atoms. The summed E-state index contributed by atoms with van der Waals surface area (Å²) in [6.45, 7) is 1.77. The zero-order chi connectivity index (χ0) is 18.8. The van der Waals surface area contributed by atoms with Crippen LogP contribution in [0.3, 0.4) is 0 Å². The molecule has 0 saturated heterocycles. The molecule has 134 valence electrons. The predicted octanol–water partition coefficient (Wildman–Crippen LogP) is 3.70. The van der Waals surface area contributed by atoms with Crippen molar-refractivity contribution >= 4 is 34.8 Å². The summed E-state index contributed by atoms with van der Waals surface area (Å²) in [6.07, 6.45) is 1.94. The maximum absolute atomic E-state index is 12.5. The maximum Gasteiger partial charge on any atom is 0.282 e. The summed E-state index contributed by atoms with van der Waals surface area (Å²) in [4.78, 5) is 35.2. The second kappa shape index (κ2) is 7.13. The average Bonchev–Trinajstić information content (AvgIpc) is 3.40. The number of carbonyl (C=O) groups is 2. The Balaban J connectivity index is 1.86. The van der Waals surface area contributed by atoms with E-state index in [0.29, 0.717) is 11.3 Å². The van der Waals surface area contributed by atoms with Gasteiger partial charge in [-0.15, -0.1) is 0 Å². The van der Waals surface area contributed by atoms with Gasteiger partial charge in [0.2, 0.25) is 0 Å². The van der Waals surface area contributed by atoms with E-state index in [1.54, 1.807) is 25.1 Å². The van der Waals surface area contributed by atoms with E-state index in [1.165, 1.54) is 18.2 Å². The first-order chi connectivity index (χ1) is 12.3. The molecule has 3 rings (SSSR count). The van der Waals surface area contributed by atoms with Crippen molar-refractivity contribution in [2.24, 2.45) is 0 Å². The zero-order valence-electron chi connectivity index (χ0n) is 13.9. The lowest BCUT2D eigenvalue weighted by molar-refractivity contribution is -0.385. The van der Waals surface area contributed by atoms with Crippen LogP contribution < -0.4 is 10.6 Å². The van der Waals surface area contributed by atoms with Crippen molar-refractivity contribution < 1.29 is 14.5 Å². The van der Waals surface area contributed by atoms with E-state index in [4.69, 9.17) is 11.6 Å². The van der Waals surface area contributed by atoms with E-state index >= 15 is 0 Å². The van der Waals surface area contributed by atoms with Crippen molar-refractivity contribution in [2.75, 3.05) is 5.32 Å². The predicted molar refractivity (Wildman–Crippen MR) is 97.7 cm³/mol. The number of nitrogens with zero attached hydrogens (tertiary/aromatic N) is 1. The number of aryl methyl sites for hydroxylation is 1. The minimum absolute atomic E-state index is 0.144. The first kappa shape index (κ1) is 17.9. The Bertz CT molecular complexity index is 909. The molecule has 0 aliphatic heterocycles. The quantitative estimate of drug-likeness (QED) is 0.616. The number of carbonyl (C=O) groups excluding carboxylic acids is 2. The molecule has 0 bridgehead atoms. The number of hydrogen-bond acceptors (Lipinski definition) is 4. The highest BCUT2D eigenvalue weighted by Gasteiger charge is 2.24. The van der Waals surface area contributed by atoms with Gasteiger partial charge in [0.25, 0.3) is 17.5 Å². The molecule has 0 radical (unpaired) electrons. The zero-order valence-corrected chi connectivity index (χ0v) is 14.7. The monoisotopic (exact) mass is 373 g/mol. The molecule has 1 saturated carbocycles. The number of nitro benzene ring substituents is 1. The summed E-state index contributed by atoms with van der Waals surface area (Å²) in [5, 5.41) is 16.9. The minimum Gasteiger partial charge on any atom is -0.349 e. The van der Waals surface area contributed by atoms with E-state index in [-0.39, 0.29) is 28.2 Å². The third-order valence-electron chi connectivity index (χ3n) is 4.06. The van der Waals surface area contributed by atoms with Crippen LogP contribution in [0.4, 0.5) is 11.4 Å². The summed E-state index contributed by atoms with van der Waals surface area (Å²) >= 11 is 5.87. The lowest BCUT2D eigenvalue weighted by atomic mass is 10.1. The number of benzene rings is 2. The Morgan fingerprint density at radius 3 is 2.54 bits per heavy atom. The number of anilines is 1. The smallest absolute Gasteiger partial charge is 0.282 e. The first-order valence-corrected chi connectivity index (χ1v) is 8.40. The van der Waals surface area contributed by atoms with Crippen LogP contribution >= 0.6 is 11.6 Å². The van der Waals surface area contributed by atoms with E-state index in [0.717, 1.165) is 18.4 Å².